The lowest BCUT2D eigenvalue weighted by atomic mass is 10.0. The summed E-state index contributed by atoms with van der Waals surface area (Å²) in [7, 11) is 1.57. The number of nitrogens with zero attached hydrogens (tertiary/aromatic N) is 3. The van der Waals surface area contributed by atoms with Crippen LogP contribution in [0, 0.1) is 0 Å². The standard InChI is InChI=1S/C16H16N4O2/c1-17-16(22)14-5-4-12(11-2-3-11)6-15(14)20(10-21)13-7-18-9-19-8-13/h4-11H,2-3H2,1H3,(H,17,22). The first-order chi connectivity index (χ1) is 10.7. The van der Waals surface area contributed by atoms with Gasteiger partial charge in [-0.2, -0.15) is 0 Å². The first-order valence-corrected chi connectivity index (χ1v) is 7.10. The summed E-state index contributed by atoms with van der Waals surface area (Å²) >= 11 is 0. The predicted molar refractivity (Wildman–Crippen MR) is 82.0 cm³/mol. The zero-order chi connectivity index (χ0) is 15.5. The summed E-state index contributed by atoms with van der Waals surface area (Å²) in [5.74, 6) is 0.291. The van der Waals surface area contributed by atoms with Gasteiger partial charge in [0.1, 0.15) is 6.33 Å². The van der Waals surface area contributed by atoms with Gasteiger partial charge in [-0.15, -0.1) is 0 Å². The molecule has 0 aliphatic heterocycles. The summed E-state index contributed by atoms with van der Waals surface area (Å²) in [6.45, 7) is 0. The zero-order valence-electron chi connectivity index (χ0n) is 12.2. The van der Waals surface area contributed by atoms with Crippen molar-refractivity contribution in [1.82, 2.24) is 15.3 Å². The van der Waals surface area contributed by atoms with Gasteiger partial charge in [0.15, 0.2) is 0 Å². The van der Waals surface area contributed by atoms with Crippen LogP contribution in [0.15, 0.2) is 36.9 Å². The molecule has 0 spiro atoms. The second-order valence-corrected chi connectivity index (χ2v) is 5.20. The van der Waals surface area contributed by atoms with Crippen molar-refractivity contribution in [2.24, 2.45) is 0 Å². The van der Waals surface area contributed by atoms with Crippen LogP contribution in [0.25, 0.3) is 0 Å². The number of amides is 2. The molecule has 2 amide bonds. The number of carbonyl (C=O) groups excluding carboxylic acids is 2. The largest absolute Gasteiger partial charge is 0.355 e. The Bertz CT molecular complexity index is 699. The summed E-state index contributed by atoms with van der Waals surface area (Å²) in [6, 6.07) is 5.63. The van der Waals surface area contributed by atoms with Gasteiger partial charge in [0.2, 0.25) is 6.41 Å². The summed E-state index contributed by atoms with van der Waals surface area (Å²) in [5, 5.41) is 2.60. The summed E-state index contributed by atoms with van der Waals surface area (Å²) in [4.78, 5) is 33.0. The third-order valence-electron chi connectivity index (χ3n) is 3.73. The van der Waals surface area contributed by atoms with Crippen molar-refractivity contribution in [2.45, 2.75) is 18.8 Å². The monoisotopic (exact) mass is 296 g/mol. The molecule has 0 bridgehead atoms. The average molecular weight is 296 g/mol. The van der Waals surface area contributed by atoms with Crippen LogP contribution in [0.5, 0.6) is 0 Å². The van der Waals surface area contributed by atoms with Crippen LogP contribution in [-0.2, 0) is 4.79 Å². The molecular weight excluding hydrogens is 280 g/mol. The molecule has 6 nitrogen and oxygen atoms in total. The maximum absolute atomic E-state index is 12.1. The van der Waals surface area contributed by atoms with Crippen LogP contribution in [0.4, 0.5) is 11.4 Å². The van der Waals surface area contributed by atoms with E-state index in [9.17, 15) is 9.59 Å². The zero-order valence-corrected chi connectivity index (χ0v) is 12.2. The minimum Gasteiger partial charge on any atom is -0.355 e. The maximum atomic E-state index is 12.1. The highest BCUT2D eigenvalue weighted by Crippen LogP contribution is 2.42. The molecule has 0 atom stereocenters. The molecule has 0 saturated heterocycles. The quantitative estimate of drug-likeness (QED) is 0.856. The van der Waals surface area contributed by atoms with E-state index in [4.69, 9.17) is 0 Å². The van der Waals surface area contributed by atoms with Crippen molar-refractivity contribution in [3.05, 3.63) is 48.0 Å². The molecule has 3 rings (SSSR count). The Kier molecular flexibility index (Phi) is 3.82. The molecule has 0 unspecified atom stereocenters. The Morgan fingerprint density at radius 2 is 2.05 bits per heavy atom. The molecule has 1 aliphatic rings. The lowest BCUT2D eigenvalue weighted by molar-refractivity contribution is -0.106. The third kappa shape index (κ3) is 2.67. The number of benzene rings is 1. The van der Waals surface area contributed by atoms with Gasteiger partial charge in [-0.1, -0.05) is 6.07 Å². The van der Waals surface area contributed by atoms with Crippen LogP contribution < -0.4 is 10.2 Å². The number of rotatable bonds is 5. The number of hydrogen-bond acceptors (Lipinski definition) is 4. The van der Waals surface area contributed by atoms with E-state index >= 15 is 0 Å². The first kappa shape index (κ1) is 14.2. The second-order valence-electron chi connectivity index (χ2n) is 5.20. The highest BCUT2D eigenvalue weighted by atomic mass is 16.2. The van der Waals surface area contributed by atoms with Crippen molar-refractivity contribution in [1.29, 1.82) is 0 Å². The predicted octanol–water partition coefficient (Wildman–Crippen LogP) is 2.01. The van der Waals surface area contributed by atoms with E-state index in [2.05, 4.69) is 15.3 Å². The molecule has 1 aromatic carbocycles. The highest BCUT2D eigenvalue weighted by molar-refractivity contribution is 6.03. The number of aromatic nitrogens is 2. The van der Waals surface area contributed by atoms with Crippen LogP contribution >= 0.6 is 0 Å². The van der Waals surface area contributed by atoms with Gasteiger partial charge in [0, 0.05) is 7.05 Å². The van der Waals surface area contributed by atoms with E-state index in [0.29, 0.717) is 29.3 Å². The third-order valence-corrected chi connectivity index (χ3v) is 3.73. The molecule has 1 aliphatic carbocycles. The van der Waals surface area contributed by atoms with E-state index in [1.807, 2.05) is 12.1 Å². The normalized spacial score (nSPS) is 13.5. The Hall–Kier alpha value is -2.76. The summed E-state index contributed by atoms with van der Waals surface area (Å²) in [6.07, 6.45) is 7.45. The van der Waals surface area contributed by atoms with Crippen molar-refractivity contribution in [3.63, 3.8) is 0 Å². The lowest BCUT2D eigenvalue weighted by Gasteiger charge is -2.20. The van der Waals surface area contributed by atoms with Gasteiger partial charge < -0.3 is 5.32 Å². The van der Waals surface area contributed by atoms with Gasteiger partial charge in [0.25, 0.3) is 5.91 Å². The fourth-order valence-electron chi connectivity index (χ4n) is 2.42. The van der Waals surface area contributed by atoms with Crippen molar-refractivity contribution < 1.29 is 9.59 Å². The number of hydrogen-bond donors (Lipinski definition) is 1. The molecule has 22 heavy (non-hydrogen) atoms. The molecule has 1 heterocycles. The van der Waals surface area contributed by atoms with Gasteiger partial charge in [-0.25, -0.2) is 9.97 Å². The highest BCUT2D eigenvalue weighted by Gasteiger charge is 2.26. The molecule has 1 aromatic heterocycles. The van der Waals surface area contributed by atoms with E-state index in [1.54, 1.807) is 25.5 Å². The van der Waals surface area contributed by atoms with E-state index < -0.39 is 0 Å². The van der Waals surface area contributed by atoms with Gasteiger partial charge in [-0.05, 0) is 36.5 Å². The molecule has 1 N–H and O–H groups in total. The fourth-order valence-corrected chi connectivity index (χ4v) is 2.42. The lowest BCUT2D eigenvalue weighted by Crippen LogP contribution is -2.23. The Labute approximate surface area is 128 Å². The van der Waals surface area contributed by atoms with Crippen molar-refractivity contribution in [2.75, 3.05) is 11.9 Å². The second kappa shape index (κ2) is 5.93. The number of carbonyl (C=O) groups is 2. The van der Waals surface area contributed by atoms with Crippen molar-refractivity contribution >= 4 is 23.7 Å². The molecule has 0 radical (unpaired) electrons. The molecule has 112 valence electrons. The summed E-state index contributed by atoms with van der Waals surface area (Å²) in [5.41, 5.74) is 2.67. The fraction of sp³-hybridized carbons (Fsp3) is 0.250. The molecule has 1 fully saturated rings. The number of nitrogens with one attached hydrogen (secondary N) is 1. The minimum absolute atomic E-state index is 0.235. The Morgan fingerprint density at radius 1 is 1.32 bits per heavy atom. The van der Waals surface area contributed by atoms with Crippen LogP contribution in [-0.4, -0.2) is 29.3 Å². The Morgan fingerprint density at radius 3 is 2.64 bits per heavy atom. The van der Waals surface area contributed by atoms with E-state index in [0.717, 1.165) is 18.4 Å². The first-order valence-electron chi connectivity index (χ1n) is 7.10. The van der Waals surface area contributed by atoms with Crippen LogP contribution in [0.3, 0.4) is 0 Å². The SMILES string of the molecule is CNC(=O)c1ccc(C2CC2)cc1N(C=O)c1cncnc1. The molecule has 1 saturated carbocycles. The van der Waals surface area contributed by atoms with Crippen molar-refractivity contribution in [3.8, 4) is 0 Å². The van der Waals surface area contributed by atoms with Crippen LogP contribution in [0.1, 0.15) is 34.7 Å². The van der Waals surface area contributed by atoms with Gasteiger partial charge in [0.05, 0.1) is 29.3 Å². The molecule has 6 heteroatoms. The average Bonchev–Trinajstić information content (AvgIpc) is 3.41. The number of anilines is 2. The van der Waals surface area contributed by atoms with Gasteiger partial charge in [-0.3, -0.25) is 14.5 Å². The molecule has 2 aromatic rings. The summed E-state index contributed by atoms with van der Waals surface area (Å²) < 4.78 is 0. The Balaban J connectivity index is 2.10. The van der Waals surface area contributed by atoms with E-state index in [-0.39, 0.29) is 5.91 Å². The maximum Gasteiger partial charge on any atom is 0.253 e. The topological polar surface area (TPSA) is 75.2 Å². The van der Waals surface area contributed by atoms with Crippen LogP contribution in [0.2, 0.25) is 0 Å². The smallest absolute Gasteiger partial charge is 0.253 e. The molecular formula is C16H16N4O2. The van der Waals surface area contributed by atoms with Gasteiger partial charge >= 0.3 is 0 Å². The minimum atomic E-state index is -0.235. The van der Waals surface area contributed by atoms with E-state index in [1.165, 1.54) is 11.2 Å².